The number of benzene rings is 1. The molecule has 0 heterocycles. The van der Waals surface area contributed by atoms with Gasteiger partial charge in [-0.1, -0.05) is 18.6 Å². The van der Waals surface area contributed by atoms with Gasteiger partial charge in [-0.3, -0.25) is 9.59 Å². The molecule has 1 aliphatic rings. The molecule has 0 spiro atoms. The van der Waals surface area contributed by atoms with Crippen LogP contribution in [0.15, 0.2) is 24.3 Å². The van der Waals surface area contributed by atoms with E-state index in [0.717, 1.165) is 19.3 Å². The predicted molar refractivity (Wildman–Crippen MR) is 74.1 cm³/mol. The standard InChI is InChI=1S/C15H20N2O2/c1-10(18)11-5-7-12(8-6-11)15(19)17-14-4-2-3-13(14)9-16/h5-8,13-14H,2-4,9,16H2,1H3,(H,17,19). The number of amides is 1. The van der Waals surface area contributed by atoms with E-state index in [4.69, 9.17) is 5.73 Å². The summed E-state index contributed by atoms with van der Waals surface area (Å²) in [5.74, 6) is 0.312. The number of nitrogens with two attached hydrogens (primary N) is 1. The molecule has 4 heteroatoms. The summed E-state index contributed by atoms with van der Waals surface area (Å²) < 4.78 is 0. The Kier molecular flexibility index (Phi) is 4.32. The maximum Gasteiger partial charge on any atom is 0.251 e. The third-order valence-electron chi connectivity index (χ3n) is 3.83. The zero-order valence-corrected chi connectivity index (χ0v) is 11.2. The topological polar surface area (TPSA) is 72.2 Å². The third-order valence-corrected chi connectivity index (χ3v) is 3.83. The lowest BCUT2D eigenvalue weighted by Crippen LogP contribution is -2.39. The molecule has 1 saturated carbocycles. The van der Waals surface area contributed by atoms with Gasteiger partial charge in [0.1, 0.15) is 0 Å². The van der Waals surface area contributed by atoms with Crippen LogP contribution in [0.4, 0.5) is 0 Å². The Morgan fingerprint density at radius 2 is 1.84 bits per heavy atom. The highest BCUT2D eigenvalue weighted by Gasteiger charge is 2.27. The number of rotatable bonds is 4. The van der Waals surface area contributed by atoms with Crippen molar-refractivity contribution in [2.45, 2.75) is 32.2 Å². The van der Waals surface area contributed by atoms with Gasteiger partial charge >= 0.3 is 0 Å². The van der Waals surface area contributed by atoms with Crippen molar-refractivity contribution >= 4 is 11.7 Å². The van der Waals surface area contributed by atoms with Gasteiger partial charge in [-0.15, -0.1) is 0 Å². The van der Waals surface area contributed by atoms with E-state index in [1.807, 2.05) is 0 Å². The van der Waals surface area contributed by atoms with E-state index in [1.165, 1.54) is 6.92 Å². The van der Waals surface area contributed by atoms with E-state index in [-0.39, 0.29) is 17.7 Å². The highest BCUT2D eigenvalue weighted by Crippen LogP contribution is 2.24. The maximum atomic E-state index is 12.1. The van der Waals surface area contributed by atoms with Crippen LogP contribution in [0, 0.1) is 5.92 Å². The van der Waals surface area contributed by atoms with E-state index >= 15 is 0 Å². The van der Waals surface area contributed by atoms with Crippen molar-refractivity contribution in [2.75, 3.05) is 6.54 Å². The predicted octanol–water partition coefficient (Wildman–Crippen LogP) is 1.75. The smallest absolute Gasteiger partial charge is 0.251 e. The molecule has 19 heavy (non-hydrogen) atoms. The van der Waals surface area contributed by atoms with Crippen molar-refractivity contribution in [3.05, 3.63) is 35.4 Å². The Balaban J connectivity index is 2.01. The van der Waals surface area contributed by atoms with Gasteiger partial charge in [0.15, 0.2) is 5.78 Å². The second kappa shape index (κ2) is 5.97. The molecular formula is C15H20N2O2. The highest BCUT2D eigenvalue weighted by molar-refractivity contribution is 5.97. The minimum absolute atomic E-state index is 0.00551. The molecule has 1 aromatic rings. The van der Waals surface area contributed by atoms with Crippen molar-refractivity contribution in [2.24, 2.45) is 11.7 Å². The number of hydrogen-bond donors (Lipinski definition) is 2. The second-order valence-electron chi connectivity index (χ2n) is 5.14. The first-order valence-electron chi connectivity index (χ1n) is 6.73. The molecule has 1 amide bonds. The summed E-state index contributed by atoms with van der Waals surface area (Å²) in [6.45, 7) is 2.13. The van der Waals surface area contributed by atoms with Gasteiger partial charge in [0, 0.05) is 17.2 Å². The minimum Gasteiger partial charge on any atom is -0.349 e. The summed E-state index contributed by atoms with van der Waals surface area (Å²) in [5, 5.41) is 3.04. The van der Waals surface area contributed by atoms with Gasteiger partial charge < -0.3 is 11.1 Å². The van der Waals surface area contributed by atoms with Gasteiger partial charge in [0.25, 0.3) is 5.91 Å². The van der Waals surface area contributed by atoms with Crippen molar-refractivity contribution < 1.29 is 9.59 Å². The van der Waals surface area contributed by atoms with Crippen molar-refractivity contribution in [3.63, 3.8) is 0 Å². The van der Waals surface area contributed by atoms with Crippen molar-refractivity contribution in [1.82, 2.24) is 5.32 Å². The second-order valence-corrected chi connectivity index (χ2v) is 5.14. The molecule has 2 unspecified atom stereocenters. The Labute approximate surface area is 113 Å². The Bertz CT molecular complexity index is 468. The summed E-state index contributed by atoms with van der Waals surface area (Å²) in [6, 6.07) is 6.94. The van der Waals surface area contributed by atoms with E-state index in [0.29, 0.717) is 23.6 Å². The van der Waals surface area contributed by atoms with Crippen LogP contribution < -0.4 is 11.1 Å². The van der Waals surface area contributed by atoms with E-state index in [9.17, 15) is 9.59 Å². The minimum atomic E-state index is -0.0829. The lowest BCUT2D eigenvalue weighted by atomic mass is 10.0. The summed E-state index contributed by atoms with van der Waals surface area (Å²) in [7, 11) is 0. The lowest BCUT2D eigenvalue weighted by Gasteiger charge is -2.19. The molecule has 4 nitrogen and oxygen atoms in total. The number of ketones is 1. The number of carbonyl (C=O) groups excluding carboxylic acids is 2. The van der Waals surface area contributed by atoms with Gasteiger partial charge in [0.2, 0.25) is 0 Å². The quantitative estimate of drug-likeness (QED) is 0.810. The molecule has 2 atom stereocenters. The first-order valence-corrected chi connectivity index (χ1v) is 6.73. The summed E-state index contributed by atoms with van der Waals surface area (Å²) in [6.07, 6.45) is 3.21. The summed E-state index contributed by atoms with van der Waals surface area (Å²) in [4.78, 5) is 23.3. The molecule has 3 N–H and O–H groups in total. The maximum absolute atomic E-state index is 12.1. The fraction of sp³-hybridized carbons (Fsp3) is 0.467. The molecule has 0 radical (unpaired) electrons. The average molecular weight is 260 g/mol. The molecule has 102 valence electrons. The molecule has 1 aliphatic carbocycles. The normalized spacial score (nSPS) is 22.2. The fourth-order valence-corrected chi connectivity index (χ4v) is 2.62. The van der Waals surface area contributed by atoms with Crippen LogP contribution in [0.5, 0.6) is 0 Å². The zero-order chi connectivity index (χ0) is 13.8. The van der Waals surface area contributed by atoms with Gasteiger partial charge in [-0.2, -0.15) is 0 Å². The first kappa shape index (κ1) is 13.7. The van der Waals surface area contributed by atoms with Crippen LogP contribution in [0.3, 0.4) is 0 Å². The zero-order valence-electron chi connectivity index (χ0n) is 11.2. The third kappa shape index (κ3) is 3.20. The van der Waals surface area contributed by atoms with E-state index < -0.39 is 0 Å². The molecule has 0 saturated heterocycles. The van der Waals surface area contributed by atoms with Crippen LogP contribution in [-0.2, 0) is 0 Å². The largest absolute Gasteiger partial charge is 0.349 e. The SMILES string of the molecule is CC(=O)c1ccc(C(=O)NC2CCCC2CN)cc1. The van der Waals surface area contributed by atoms with Crippen LogP contribution in [0.2, 0.25) is 0 Å². The van der Waals surface area contributed by atoms with E-state index in [2.05, 4.69) is 5.32 Å². The molecule has 0 bridgehead atoms. The van der Waals surface area contributed by atoms with Crippen LogP contribution in [0.25, 0.3) is 0 Å². The monoisotopic (exact) mass is 260 g/mol. The molecule has 2 rings (SSSR count). The Morgan fingerprint density at radius 3 is 2.42 bits per heavy atom. The molecule has 0 aliphatic heterocycles. The number of hydrogen-bond acceptors (Lipinski definition) is 3. The van der Waals surface area contributed by atoms with Crippen LogP contribution in [0.1, 0.15) is 46.9 Å². The van der Waals surface area contributed by atoms with Crippen LogP contribution >= 0.6 is 0 Å². The lowest BCUT2D eigenvalue weighted by molar-refractivity contribution is 0.0927. The Hall–Kier alpha value is -1.68. The summed E-state index contributed by atoms with van der Waals surface area (Å²) >= 11 is 0. The molecule has 0 aromatic heterocycles. The van der Waals surface area contributed by atoms with E-state index in [1.54, 1.807) is 24.3 Å². The number of nitrogens with one attached hydrogen (secondary N) is 1. The first-order chi connectivity index (χ1) is 9.11. The van der Waals surface area contributed by atoms with Gasteiger partial charge in [-0.05, 0) is 44.4 Å². The average Bonchev–Trinajstić information content (AvgIpc) is 2.86. The number of Topliss-reactive ketones (excluding diaryl/α,β-unsaturated/α-hetero) is 1. The van der Waals surface area contributed by atoms with Gasteiger partial charge in [-0.25, -0.2) is 0 Å². The van der Waals surface area contributed by atoms with Crippen LogP contribution in [-0.4, -0.2) is 24.3 Å². The van der Waals surface area contributed by atoms with Crippen molar-refractivity contribution in [1.29, 1.82) is 0 Å². The molecule has 1 fully saturated rings. The molecule has 1 aromatic carbocycles. The van der Waals surface area contributed by atoms with Crippen molar-refractivity contribution in [3.8, 4) is 0 Å². The highest BCUT2D eigenvalue weighted by atomic mass is 16.1. The fourth-order valence-electron chi connectivity index (χ4n) is 2.62. The van der Waals surface area contributed by atoms with Gasteiger partial charge in [0.05, 0.1) is 0 Å². The number of carbonyl (C=O) groups is 2. The Morgan fingerprint density at radius 1 is 1.21 bits per heavy atom. The summed E-state index contributed by atoms with van der Waals surface area (Å²) in [5.41, 5.74) is 6.92. The molecular weight excluding hydrogens is 240 g/mol.